The van der Waals surface area contributed by atoms with Crippen LogP contribution in [0.2, 0.25) is 0 Å². The van der Waals surface area contributed by atoms with Crippen molar-refractivity contribution in [3.8, 4) is 5.75 Å². The van der Waals surface area contributed by atoms with E-state index in [0.29, 0.717) is 6.04 Å². The number of rotatable bonds is 6. The van der Waals surface area contributed by atoms with Crippen LogP contribution in [0.15, 0.2) is 48.7 Å². The highest BCUT2D eigenvalue weighted by molar-refractivity contribution is 5.94. The van der Waals surface area contributed by atoms with Gasteiger partial charge in [-0.3, -0.25) is 14.7 Å². The molecule has 1 aromatic carbocycles. The van der Waals surface area contributed by atoms with Crippen LogP contribution >= 0.6 is 0 Å². The van der Waals surface area contributed by atoms with Gasteiger partial charge in [0.05, 0.1) is 5.69 Å². The van der Waals surface area contributed by atoms with E-state index in [9.17, 15) is 4.79 Å². The number of likely N-dealkylation sites (tertiary alicyclic amines) is 2. The van der Waals surface area contributed by atoms with Crippen molar-refractivity contribution in [3.63, 3.8) is 0 Å². The number of piperidine rings is 2. The van der Waals surface area contributed by atoms with Crippen LogP contribution < -0.4 is 4.74 Å². The third-order valence-corrected chi connectivity index (χ3v) is 6.41. The number of carbonyl (C=O) groups excluding carboxylic acids is 1. The van der Waals surface area contributed by atoms with Crippen molar-refractivity contribution in [3.05, 3.63) is 59.9 Å². The molecular weight excluding hydrogens is 374 g/mol. The number of amides is 1. The Labute approximate surface area is 180 Å². The molecule has 4 rings (SSSR count). The lowest BCUT2D eigenvalue weighted by Gasteiger charge is -2.35. The lowest BCUT2D eigenvalue weighted by Crippen LogP contribution is -2.43. The summed E-state index contributed by atoms with van der Waals surface area (Å²) in [5.41, 5.74) is 1.89. The van der Waals surface area contributed by atoms with Crippen molar-refractivity contribution in [2.45, 2.75) is 64.1 Å². The van der Waals surface area contributed by atoms with E-state index in [-0.39, 0.29) is 12.0 Å². The molecule has 0 radical (unpaired) electrons. The third kappa shape index (κ3) is 5.20. The number of pyridine rings is 1. The molecule has 0 bridgehead atoms. The van der Waals surface area contributed by atoms with E-state index in [1.807, 2.05) is 42.6 Å². The minimum atomic E-state index is 0.163. The molecule has 0 N–H and O–H groups in total. The third-order valence-electron chi connectivity index (χ3n) is 6.41. The molecule has 2 aliphatic heterocycles. The fourth-order valence-electron chi connectivity index (χ4n) is 4.63. The maximum absolute atomic E-state index is 12.9. The molecule has 2 aromatic rings. The van der Waals surface area contributed by atoms with Crippen molar-refractivity contribution in [2.75, 3.05) is 19.6 Å². The Morgan fingerprint density at radius 1 is 1.03 bits per heavy atom. The molecule has 0 saturated carbocycles. The van der Waals surface area contributed by atoms with Gasteiger partial charge in [-0.05, 0) is 74.9 Å². The number of aromatic nitrogens is 1. The molecule has 30 heavy (non-hydrogen) atoms. The van der Waals surface area contributed by atoms with E-state index >= 15 is 0 Å². The minimum Gasteiger partial charge on any atom is -0.490 e. The SMILES string of the molecule is CC[C@H]1CCCCN1C(=O)c1ccc(OC2CCN(Cc3ccccn3)CC2)cc1. The van der Waals surface area contributed by atoms with Crippen molar-refractivity contribution >= 4 is 5.91 Å². The first-order valence-electron chi connectivity index (χ1n) is 11.4. The number of benzene rings is 1. The summed E-state index contributed by atoms with van der Waals surface area (Å²) < 4.78 is 6.21. The summed E-state index contributed by atoms with van der Waals surface area (Å²) in [7, 11) is 0. The fraction of sp³-hybridized carbons (Fsp3) is 0.520. The van der Waals surface area contributed by atoms with Crippen LogP contribution in [0, 0.1) is 0 Å². The lowest BCUT2D eigenvalue weighted by molar-refractivity contribution is 0.0608. The number of nitrogens with zero attached hydrogens (tertiary/aromatic N) is 3. The lowest BCUT2D eigenvalue weighted by atomic mass is 9.99. The van der Waals surface area contributed by atoms with Gasteiger partial charge in [0, 0.05) is 44.0 Å². The van der Waals surface area contributed by atoms with Gasteiger partial charge in [0.2, 0.25) is 0 Å². The molecule has 3 heterocycles. The van der Waals surface area contributed by atoms with E-state index in [1.165, 1.54) is 6.42 Å². The maximum Gasteiger partial charge on any atom is 0.254 e. The summed E-state index contributed by atoms with van der Waals surface area (Å²) in [4.78, 5) is 21.9. The molecule has 1 atom stereocenters. The Bertz CT molecular complexity index is 801. The first kappa shape index (κ1) is 20.9. The summed E-state index contributed by atoms with van der Waals surface area (Å²) in [6.07, 6.45) is 8.62. The second-order valence-corrected chi connectivity index (χ2v) is 8.50. The average molecular weight is 408 g/mol. The summed E-state index contributed by atoms with van der Waals surface area (Å²) in [6, 6.07) is 14.2. The van der Waals surface area contributed by atoms with Crippen LogP contribution in [0.3, 0.4) is 0 Å². The molecule has 160 valence electrons. The second-order valence-electron chi connectivity index (χ2n) is 8.50. The Balaban J connectivity index is 1.27. The molecule has 0 unspecified atom stereocenters. The maximum atomic E-state index is 12.9. The quantitative estimate of drug-likeness (QED) is 0.706. The zero-order valence-corrected chi connectivity index (χ0v) is 18.0. The monoisotopic (exact) mass is 407 g/mol. The second kappa shape index (κ2) is 10.1. The largest absolute Gasteiger partial charge is 0.490 e. The van der Waals surface area contributed by atoms with Crippen LogP contribution in [-0.2, 0) is 6.54 Å². The Morgan fingerprint density at radius 2 is 1.83 bits per heavy atom. The normalized spacial score (nSPS) is 20.8. The van der Waals surface area contributed by atoms with E-state index in [2.05, 4.69) is 27.8 Å². The van der Waals surface area contributed by atoms with Crippen LogP contribution in [-0.4, -0.2) is 52.5 Å². The highest BCUT2D eigenvalue weighted by Gasteiger charge is 2.26. The molecule has 0 aliphatic carbocycles. The zero-order valence-electron chi connectivity index (χ0n) is 18.0. The Kier molecular flexibility index (Phi) is 7.00. The van der Waals surface area contributed by atoms with Gasteiger partial charge in [0.15, 0.2) is 0 Å². The molecular formula is C25H33N3O2. The summed E-state index contributed by atoms with van der Waals surface area (Å²) >= 11 is 0. The fourth-order valence-corrected chi connectivity index (χ4v) is 4.63. The topological polar surface area (TPSA) is 45.7 Å². The van der Waals surface area contributed by atoms with Crippen molar-refractivity contribution in [1.82, 2.24) is 14.8 Å². The van der Waals surface area contributed by atoms with Gasteiger partial charge in [-0.25, -0.2) is 0 Å². The molecule has 2 saturated heterocycles. The summed E-state index contributed by atoms with van der Waals surface area (Å²) in [6.45, 7) is 6.00. The van der Waals surface area contributed by atoms with Crippen molar-refractivity contribution < 1.29 is 9.53 Å². The highest BCUT2D eigenvalue weighted by Crippen LogP contribution is 2.24. The molecule has 1 amide bonds. The van der Waals surface area contributed by atoms with Gasteiger partial charge < -0.3 is 9.64 Å². The first-order chi connectivity index (χ1) is 14.7. The molecule has 5 heteroatoms. The van der Waals surface area contributed by atoms with Crippen LogP contribution in [0.25, 0.3) is 0 Å². The zero-order chi connectivity index (χ0) is 20.8. The average Bonchev–Trinajstić information content (AvgIpc) is 2.81. The van der Waals surface area contributed by atoms with E-state index < -0.39 is 0 Å². The van der Waals surface area contributed by atoms with Gasteiger partial charge in [-0.2, -0.15) is 0 Å². The van der Waals surface area contributed by atoms with Gasteiger partial charge >= 0.3 is 0 Å². The van der Waals surface area contributed by atoms with E-state index in [4.69, 9.17) is 4.74 Å². The Morgan fingerprint density at radius 3 is 2.53 bits per heavy atom. The standard InChI is InChI=1S/C25H33N3O2/c1-2-22-8-4-6-16-28(22)25(29)20-9-11-23(12-10-20)30-24-13-17-27(18-14-24)19-21-7-3-5-15-26-21/h3,5,7,9-12,15,22,24H,2,4,6,8,13-14,16-19H2,1H3/t22-/m0/s1. The number of ether oxygens (including phenoxy) is 1. The summed E-state index contributed by atoms with van der Waals surface area (Å²) in [5, 5.41) is 0. The molecule has 2 fully saturated rings. The highest BCUT2D eigenvalue weighted by atomic mass is 16.5. The van der Waals surface area contributed by atoms with Gasteiger partial charge in [0.25, 0.3) is 5.91 Å². The van der Waals surface area contributed by atoms with Gasteiger partial charge in [0.1, 0.15) is 11.9 Å². The minimum absolute atomic E-state index is 0.163. The van der Waals surface area contributed by atoms with Crippen LogP contribution in [0.4, 0.5) is 0 Å². The molecule has 0 spiro atoms. The van der Waals surface area contributed by atoms with E-state index in [1.54, 1.807) is 0 Å². The predicted octanol–water partition coefficient (Wildman–Crippen LogP) is 4.53. The number of hydrogen-bond acceptors (Lipinski definition) is 4. The number of hydrogen-bond donors (Lipinski definition) is 0. The number of carbonyl (C=O) groups is 1. The van der Waals surface area contributed by atoms with Crippen LogP contribution in [0.1, 0.15) is 61.5 Å². The van der Waals surface area contributed by atoms with Crippen molar-refractivity contribution in [1.29, 1.82) is 0 Å². The van der Waals surface area contributed by atoms with E-state index in [0.717, 1.165) is 75.3 Å². The summed E-state index contributed by atoms with van der Waals surface area (Å²) in [5.74, 6) is 1.02. The Hall–Kier alpha value is -2.40. The molecule has 1 aromatic heterocycles. The predicted molar refractivity (Wildman–Crippen MR) is 119 cm³/mol. The smallest absolute Gasteiger partial charge is 0.254 e. The van der Waals surface area contributed by atoms with Crippen molar-refractivity contribution in [2.24, 2.45) is 0 Å². The van der Waals surface area contributed by atoms with Gasteiger partial charge in [-0.15, -0.1) is 0 Å². The van der Waals surface area contributed by atoms with Crippen LogP contribution in [0.5, 0.6) is 5.75 Å². The first-order valence-corrected chi connectivity index (χ1v) is 11.4. The molecule has 2 aliphatic rings. The van der Waals surface area contributed by atoms with Gasteiger partial charge in [-0.1, -0.05) is 13.0 Å². The molecule has 5 nitrogen and oxygen atoms in total.